The van der Waals surface area contributed by atoms with Crippen LogP contribution in [-0.4, -0.2) is 5.25 Å². The van der Waals surface area contributed by atoms with Crippen molar-refractivity contribution in [3.8, 4) is 0 Å². The highest BCUT2D eigenvalue weighted by Gasteiger charge is 2.35. The third kappa shape index (κ3) is 1.59. The second kappa shape index (κ2) is 3.78. The van der Waals surface area contributed by atoms with Gasteiger partial charge in [-0.05, 0) is 36.5 Å². The Kier molecular flexibility index (Phi) is 2.52. The minimum absolute atomic E-state index is 0.0179. The van der Waals surface area contributed by atoms with Crippen LogP contribution in [0.15, 0.2) is 23.1 Å². The lowest BCUT2D eigenvalue weighted by molar-refractivity contribution is 0.456. The van der Waals surface area contributed by atoms with Crippen LogP contribution < -0.4 is 5.73 Å². The molecule has 0 radical (unpaired) electrons. The van der Waals surface area contributed by atoms with Crippen molar-refractivity contribution in [2.75, 3.05) is 0 Å². The number of benzene rings is 1. The summed E-state index contributed by atoms with van der Waals surface area (Å²) in [7, 11) is 0. The van der Waals surface area contributed by atoms with E-state index in [2.05, 4.69) is 25.1 Å². The summed E-state index contributed by atoms with van der Waals surface area (Å²) >= 11 is 2.01. The van der Waals surface area contributed by atoms with Gasteiger partial charge >= 0.3 is 0 Å². The summed E-state index contributed by atoms with van der Waals surface area (Å²) in [5.74, 6) is 0. The molecule has 0 saturated heterocycles. The predicted molar refractivity (Wildman–Crippen MR) is 69.8 cm³/mol. The highest BCUT2D eigenvalue weighted by molar-refractivity contribution is 8.00. The van der Waals surface area contributed by atoms with E-state index in [0.29, 0.717) is 0 Å². The van der Waals surface area contributed by atoms with Crippen molar-refractivity contribution in [1.29, 1.82) is 0 Å². The Morgan fingerprint density at radius 1 is 1.31 bits per heavy atom. The van der Waals surface area contributed by atoms with E-state index in [1.54, 1.807) is 5.56 Å². The van der Waals surface area contributed by atoms with Crippen molar-refractivity contribution in [2.24, 2.45) is 5.73 Å². The first-order valence-electron chi connectivity index (χ1n) is 6.27. The lowest BCUT2D eigenvalue weighted by Crippen LogP contribution is -2.34. The van der Waals surface area contributed by atoms with Crippen LogP contribution in [0.3, 0.4) is 0 Å². The summed E-state index contributed by atoms with van der Waals surface area (Å²) in [5.41, 5.74) is 9.56. The third-order valence-electron chi connectivity index (χ3n) is 3.98. The second-order valence-electron chi connectivity index (χ2n) is 5.28. The average Bonchev–Trinajstić information content (AvgIpc) is 2.83. The summed E-state index contributed by atoms with van der Waals surface area (Å²) in [6.07, 6.45) is 6.13. The van der Waals surface area contributed by atoms with E-state index in [1.165, 1.54) is 42.6 Å². The molecule has 16 heavy (non-hydrogen) atoms. The van der Waals surface area contributed by atoms with Crippen LogP contribution in [0.25, 0.3) is 0 Å². The van der Waals surface area contributed by atoms with Gasteiger partial charge in [-0.1, -0.05) is 31.9 Å². The number of fused-ring (bicyclic) bond motifs is 1. The number of thioether (sulfide) groups is 1. The summed E-state index contributed by atoms with van der Waals surface area (Å²) in [6, 6.07) is 6.71. The van der Waals surface area contributed by atoms with Crippen molar-refractivity contribution >= 4 is 11.8 Å². The lowest BCUT2D eigenvalue weighted by atomic mass is 9.85. The summed E-state index contributed by atoms with van der Waals surface area (Å²) in [4.78, 5) is 1.47. The highest BCUT2D eigenvalue weighted by atomic mass is 32.2. The summed E-state index contributed by atoms with van der Waals surface area (Å²) < 4.78 is 0. The average molecular weight is 233 g/mol. The Labute approximate surface area is 102 Å². The maximum atomic E-state index is 6.59. The van der Waals surface area contributed by atoms with Crippen LogP contribution in [0.1, 0.15) is 43.7 Å². The molecule has 1 aliphatic heterocycles. The van der Waals surface area contributed by atoms with Gasteiger partial charge in [0.05, 0.1) is 0 Å². The smallest absolute Gasteiger partial charge is 0.0412 e. The van der Waals surface area contributed by atoms with Crippen LogP contribution >= 0.6 is 11.8 Å². The molecular weight excluding hydrogens is 214 g/mol. The molecule has 86 valence electrons. The molecule has 1 saturated carbocycles. The van der Waals surface area contributed by atoms with E-state index >= 15 is 0 Å². The first-order chi connectivity index (χ1) is 7.69. The highest BCUT2D eigenvalue weighted by Crippen LogP contribution is 2.45. The van der Waals surface area contributed by atoms with Crippen LogP contribution in [0.2, 0.25) is 0 Å². The topological polar surface area (TPSA) is 26.0 Å². The molecular formula is C14H19NS. The van der Waals surface area contributed by atoms with E-state index in [4.69, 9.17) is 5.73 Å². The molecule has 2 N–H and O–H groups in total. The van der Waals surface area contributed by atoms with Crippen LogP contribution in [0.5, 0.6) is 0 Å². The van der Waals surface area contributed by atoms with Crippen molar-refractivity contribution in [3.05, 3.63) is 29.3 Å². The van der Waals surface area contributed by atoms with E-state index in [9.17, 15) is 0 Å². The fourth-order valence-electron chi connectivity index (χ4n) is 3.17. The summed E-state index contributed by atoms with van der Waals surface area (Å²) in [5, 5.41) is 0.723. The molecule has 1 aromatic carbocycles. The Balaban J connectivity index is 2.06. The molecule has 1 atom stereocenters. The quantitative estimate of drug-likeness (QED) is 0.804. The van der Waals surface area contributed by atoms with E-state index in [0.717, 1.165) is 5.25 Å². The molecule has 0 aromatic heterocycles. The Bertz CT molecular complexity index is 407. The zero-order valence-electron chi connectivity index (χ0n) is 9.83. The molecule has 1 nitrogen and oxygen atoms in total. The largest absolute Gasteiger partial charge is 0.321 e. The first kappa shape index (κ1) is 10.7. The fourth-order valence-corrected chi connectivity index (χ4v) is 4.35. The minimum atomic E-state index is -0.0179. The Morgan fingerprint density at radius 2 is 2.06 bits per heavy atom. The van der Waals surface area contributed by atoms with E-state index < -0.39 is 0 Å². The first-order valence-corrected chi connectivity index (χ1v) is 7.15. The SMILES string of the molecule is CC1Cc2c(cccc2C2(N)CCCC2)S1. The van der Waals surface area contributed by atoms with Gasteiger partial charge in [-0.2, -0.15) is 0 Å². The molecule has 1 unspecified atom stereocenters. The number of hydrogen-bond donors (Lipinski definition) is 1. The third-order valence-corrected chi connectivity index (χ3v) is 5.19. The zero-order chi connectivity index (χ0) is 11.2. The zero-order valence-corrected chi connectivity index (χ0v) is 10.6. The monoisotopic (exact) mass is 233 g/mol. The molecule has 0 spiro atoms. The maximum Gasteiger partial charge on any atom is 0.0412 e. The Hall–Kier alpha value is -0.470. The molecule has 0 amide bonds. The molecule has 2 aliphatic rings. The van der Waals surface area contributed by atoms with Gasteiger partial charge in [-0.25, -0.2) is 0 Å². The van der Waals surface area contributed by atoms with Gasteiger partial charge in [0.2, 0.25) is 0 Å². The molecule has 1 fully saturated rings. The van der Waals surface area contributed by atoms with E-state index in [1.807, 2.05) is 11.8 Å². The van der Waals surface area contributed by atoms with Gasteiger partial charge in [-0.15, -0.1) is 11.8 Å². The van der Waals surface area contributed by atoms with Crippen molar-refractivity contribution in [3.63, 3.8) is 0 Å². The predicted octanol–water partition coefficient (Wildman–Crippen LogP) is 3.45. The van der Waals surface area contributed by atoms with Crippen LogP contribution in [-0.2, 0) is 12.0 Å². The van der Waals surface area contributed by atoms with Crippen LogP contribution in [0, 0.1) is 0 Å². The van der Waals surface area contributed by atoms with Gasteiger partial charge < -0.3 is 5.73 Å². The molecule has 2 heteroatoms. The van der Waals surface area contributed by atoms with Crippen molar-refractivity contribution < 1.29 is 0 Å². The molecule has 1 heterocycles. The van der Waals surface area contributed by atoms with E-state index in [-0.39, 0.29) is 5.54 Å². The fraction of sp³-hybridized carbons (Fsp3) is 0.571. The van der Waals surface area contributed by atoms with Gasteiger partial charge in [0.1, 0.15) is 0 Å². The number of hydrogen-bond acceptors (Lipinski definition) is 2. The summed E-state index contributed by atoms with van der Waals surface area (Å²) in [6.45, 7) is 2.31. The maximum absolute atomic E-state index is 6.59. The second-order valence-corrected chi connectivity index (χ2v) is 6.76. The normalized spacial score (nSPS) is 27.0. The molecule has 0 bridgehead atoms. The van der Waals surface area contributed by atoms with Gasteiger partial charge in [0.15, 0.2) is 0 Å². The van der Waals surface area contributed by atoms with Gasteiger partial charge in [-0.3, -0.25) is 0 Å². The lowest BCUT2D eigenvalue weighted by Gasteiger charge is -2.26. The van der Waals surface area contributed by atoms with Gasteiger partial charge in [0.25, 0.3) is 0 Å². The van der Waals surface area contributed by atoms with Gasteiger partial charge in [0, 0.05) is 15.7 Å². The van der Waals surface area contributed by atoms with Crippen molar-refractivity contribution in [1.82, 2.24) is 0 Å². The van der Waals surface area contributed by atoms with Crippen LogP contribution in [0.4, 0.5) is 0 Å². The van der Waals surface area contributed by atoms with Crippen molar-refractivity contribution in [2.45, 2.75) is 54.7 Å². The number of nitrogens with two attached hydrogens (primary N) is 1. The molecule has 1 aromatic rings. The number of rotatable bonds is 1. The Morgan fingerprint density at radius 3 is 2.81 bits per heavy atom. The molecule has 1 aliphatic carbocycles. The standard InChI is InChI=1S/C14H19NS/c1-10-9-11-12(5-4-6-13(11)16-10)14(15)7-2-3-8-14/h4-6,10H,2-3,7-9,15H2,1H3. The molecule has 3 rings (SSSR count). The minimum Gasteiger partial charge on any atom is -0.321 e.